The number of benzene rings is 2. The van der Waals surface area contributed by atoms with Gasteiger partial charge in [-0.1, -0.05) is 29.8 Å². The van der Waals surface area contributed by atoms with Crippen molar-refractivity contribution in [1.29, 1.82) is 5.26 Å². The van der Waals surface area contributed by atoms with Crippen molar-refractivity contribution in [3.05, 3.63) is 51.5 Å². The fraction of sp³-hybridized carbons (Fsp3) is 0.235. The van der Waals surface area contributed by atoms with Crippen LogP contribution in [0.3, 0.4) is 0 Å². The van der Waals surface area contributed by atoms with Crippen LogP contribution in [0, 0.1) is 18.3 Å². The molecule has 0 aromatic heterocycles. The molecule has 0 fully saturated rings. The number of nitriles is 1. The van der Waals surface area contributed by atoms with Gasteiger partial charge in [-0.3, -0.25) is 0 Å². The van der Waals surface area contributed by atoms with Crippen molar-refractivity contribution in [3.8, 4) is 17.6 Å². The molecule has 108 valence electrons. The number of hydrogen-bond donors (Lipinski definition) is 1. The smallest absolute Gasteiger partial charge is 0.145 e. The molecule has 0 spiro atoms. The number of aryl methyl sites for hydroxylation is 1. The third-order valence-corrected chi connectivity index (χ3v) is 3.80. The average molecular weight is 345 g/mol. The Kier molecular flexibility index (Phi) is 4.54. The molecule has 2 aromatic carbocycles. The zero-order chi connectivity index (χ0) is 15.6. The number of halogens is 1. The van der Waals surface area contributed by atoms with Gasteiger partial charge in [-0.05, 0) is 54.3 Å². The van der Waals surface area contributed by atoms with E-state index in [0.29, 0.717) is 11.3 Å². The summed E-state index contributed by atoms with van der Waals surface area (Å²) < 4.78 is 6.84. The van der Waals surface area contributed by atoms with E-state index in [9.17, 15) is 5.26 Å². The van der Waals surface area contributed by atoms with E-state index in [1.165, 1.54) is 0 Å². The first kappa shape index (κ1) is 15.4. The summed E-state index contributed by atoms with van der Waals surface area (Å²) in [7, 11) is 0. The van der Waals surface area contributed by atoms with E-state index in [4.69, 9.17) is 10.5 Å². The van der Waals surface area contributed by atoms with E-state index in [2.05, 4.69) is 35.8 Å². The van der Waals surface area contributed by atoms with E-state index < -0.39 is 0 Å². The zero-order valence-electron chi connectivity index (χ0n) is 12.3. The summed E-state index contributed by atoms with van der Waals surface area (Å²) in [5.74, 6) is 1.58. The van der Waals surface area contributed by atoms with Gasteiger partial charge in [0.2, 0.25) is 0 Å². The molecule has 0 aliphatic carbocycles. The summed E-state index contributed by atoms with van der Waals surface area (Å²) in [6.07, 6.45) is 0. The molecule has 0 amide bonds. The normalized spacial score (nSPS) is 10.5. The standard InChI is InChI=1S/C17H17BrN2O/c1-10(2)14-8-15(20)11(3)6-17(14)21-16-5-4-13(18)7-12(16)9-19/h4-8,10H,20H2,1-3H3. The summed E-state index contributed by atoms with van der Waals surface area (Å²) in [6, 6.07) is 11.4. The number of nitrogen functional groups attached to an aromatic ring is 1. The van der Waals surface area contributed by atoms with Gasteiger partial charge in [0.25, 0.3) is 0 Å². The van der Waals surface area contributed by atoms with Crippen LogP contribution in [0.15, 0.2) is 34.8 Å². The maximum absolute atomic E-state index is 9.23. The molecule has 0 aliphatic rings. The molecule has 0 saturated heterocycles. The lowest BCUT2D eigenvalue weighted by molar-refractivity contribution is 0.471. The van der Waals surface area contributed by atoms with E-state index in [1.807, 2.05) is 25.1 Å². The highest BCUT2D eigenvalue weighted by Gasteiger charge is 2.13. The third kappa shape index (κ3) is 3.37. The van der Waals surface area contributed by atoms with Gasteiger partial charge in [-0.2, -0.15) is 5.26 Å². The highest BCUT2D eigenvalue weighted by Crippen LogP contribution is 2.35. The Morgan fingerprint density at radius 1 is 1.19 bits per heavy atom. The Morgan fingerprint density at radius 3 is 2.52 bits per heavy atom. The van der Waals surface area contributed by atoms with Gasteiger partial charge >= 0.3 is 0 Å². The second kappa shape index (κ2) is 6.19. The van der Waals surface area contributed by atoms with E-state index >= 15 is 0 Å². The zero-order valence-corrected chi connectivity index (χ0v) is 13.9. The largest absolute Gasteiger partial charge is 0.456 e. The van der Waals surface area contributed by atoms with Crippen LogP contribution in [0.4, 0.5) is 5.69 Å². The van der Waals surface area contributed by atoms with Crippen molar-refractivity contribution in [3.63, 3.8) is 0 Å². The first-order valence-corrected chi connectivity index (χ1v) is 7.49. The molecule has 21 heavy (non-hydrogen) atoms. The Balaban J connectivity index is 2.49. The third-order valence-electron chi connectivity index (χ3n) is 3.30. The number of hydrogen-bond acceptors (Lipinski definition) is 3. The lowest BCUT2D eigenvalue weighted by Gasteiger charge is -2.16. The first-order chi connectivity index (χ1) is 9.92. The van der Waals surface area contributed by atoms with Crippen LogP contribution in [0.1, 0.15) is 36.5 Å². The van der Waals surface area contributed by atoms with E-state index in [-0.39, 0.29) is 5.92 Å². The molecule has 4 heteroatoms. The first-order valence-electron chi connectivity index (χ1n) is 6.70. The molecule has 0 bridgehead atoms. The summed E-state index contributed by atoms with van der Waals surface area (Å²) in [5.41, 5.74) is 9.22. The predicted molar refractivity (Wildman–Crippen MR) is 88.6 cm³/mol. The lowest BCUT2D eigenvalue weighted by Crippen LogP contribution is -1.99. The molecular formula is C17H17BrN2O. The fourth-order valence-electron chi connectivity index (χ4n) is 2.05. The maximum atomic E-state index is 9.23. The maximum Gasteiger partial charge on any atom is 0.145 e. The Bertz CT molecular complexity index is 717. The van der Waals surface area contributed by atoms with Crippen LogP contribution in [0.5, 0.6) is 11.5 Å². The number of anilines is 1. The molecule has 0 radical (unpaired) electrons. The Hall–Kier alpha value is -1.99. The number of nitrogens with two attached hydrogens (primary N) is 1. The highest BCUT2D eigenvalue weighted by atomic mass is 79.9. The van der Waals surface area contributed by atoms with Gasteiger partial charge < -0.3 is 10.5 Å². The highest BCUT2D eigenvalue weighted by molar-refractivity contribution is 9.10. The topological polar surface area (TPSA) is 59.0 Å². The molecule has 2 aromatic rings. The van der Waals surface area contributed by atoms with Gasteiger partial charge in [-0.15, -0.1) is 0 Å². The number of ether oxygens (including phenoxy) is 1. The van der Waals surface area contributed by atoms with Crippen molar-refractivity contribution in [2.24, 2.45) is 0 Å². The van der Waals surface area contributed by atoms with E-state index in [0.717, 1.165) is 27.0 Å². The molecule has 0 saturated carbocycles. The van der Waals surface area contributed by atoms with Crippen LogP contribution < -0.4 is 10.5 Å². The Labute approximate surface area is 133 Å². The van der Waals surface area contributed by atoms with Gasteiger partial charge in [0.1, 0.15) is 17.6 Å². The summed E-state index contributed by atoms with van der Waals surface area (Å²) in [5, 5.41) is 9.23. The summed E-state index contributed by atoms with van der Waals surface area (Å²) in [6.45, 7) is 6.12. The molecule has 3 nitrogen and oxygen atoms in total. The minimum absolute atomic E-state index is 0.281. The van der Waals surface area contributed by atoms with Crippen molar-refractivity contribution < 1.29 is 4.74 Å². The number of rotatable bonds is 3. The Morgan fingerprint density at radius 2 is 1.90 bits per heavy atom. The molecule has 2 N–H and O–H groups in total. The lowest BCUT2D eigenvalue weighted by atomic mass is 9.99. The average Bonchev–Trinajstić information content (AvgIpc) is 2.44. The molecule has 0 heterocycles. The van der Waals surface area contributed by atoms with Gasteiger partial charge in [0, 0.05) is 10.2 Å². The van der Waals surface area contributed by atoms with Crippen LogP contribution in [-0.2, 0) is 0 Å². The number of nitrogens with zero attached hydrogens (tertiary/aromatic N) is 1. The molecular weight excluding hydrogens is 328 g/mol. The molecule has 0 aliphatic heterocycles. The second-order valence-corrected chi connectivity index (χ2v) is 6.17. The van der Waals surface area contributed by atoms with Crippen LogP contribution in [0.25, 0.3) is 0 Å². The SMILES string of the molecule is Cc1cc(Oc2ccc(Br)cc2C#N)c(C(C)C)cc1N. The van der Waals surface area contributed by atoms with E-state index in [1.54, 1.807) is 12.1 Å². The van der Waals surface area contributed by atoms with Gasteiger partial charge in [0.15, 0.2) is 0 Å². The predicted octanol–water partition coefficient (Wildman–Crippen LogP) is 5.13. The molecule has 0 unspecified atom stereocenters. The van der Waals surface area contributed by atoms with Crippen LogP contribution in [0.2, 0.25) is 0 Å². The monoisotopic (exact) mass is 344 g/mol. The van der Waals surface area contributed by atoms with Crippen molar-refractivity contribution in [2.45, 2.75) is 26.7 Å². The second-order valence-electron chi connectivity index (χ2n) is 5.26. The van der Waals surface area contributed by atoms with Crippen molar-refractivity contribution in [1.82, 2.24) is 0 Å². The van der Waals surface area contributed by atoms with Crippen molar-refractivity contribution >= 4 is 21.6 Å². The summed E-state index contributed by atoms with van der Waals surface area (Å²) in [4.78, 5) is 0. The minimum atomic E-state index is 0.281. The fourth-order valence-corrected chi connectivity index (χ4v) is 2.41. The van der Waals surface area contributed by atoms with Gasteiger partial charge in [0.05, 0.1) is 5.56 Å². The quantitative estimate of drug-likeness (QED) is 0.785. The van der Waals surface area contributed by atoms with Crippen LogP contribution in [-0.4, -0.2) is 0 Å². The minimum Gasteiger partial charge on any atom is -0.456 e. The molecule has 2 rings (SSSR count). The summed E-state index contributed by atoms with van der Waals surface area (Å²) >= 11 is 3.36. The van der Waals surface area contributed by atoms with Crippen molar-refractivity contribution in [2.75, 3.05) is 5.73 Å². The van der Waals surface area contributed by atoms with Crippen LogP contribution >= 0.6 is 15.9 Å². The molecule has 0 atom stereocenters. The van der Waals surface area contributed by atoms with Gasteiger partial charge in [-0.25, -0.2) is 0 Å².